The Morgan fingerprint density at radius 1 is 1.50 bits per heavy atom. The van der Waals surface area contributed by atoms with Crippen LogP contribution in [0.5, 0.6) is 5.75 Å². The second kappa shape index (κ2) is 7.94. The first-order valence-corrected chi connectivity index (χ1v) is 8.60. The molecule has 1 heterocycles. The second-order valence-corrected chi connectivity index (χ2v) is 7.21. The first kappa shape index (κ1) is 18.7. The molecule has 0 bridgehead atoms. The van der Waals surface area contributed by atoms with Gasteiger partial charge in [0.05, 0.1) is 6.61 Å². The monoisotopic (exact) mass is 336 g/mol. The van der Waals surface area contributed by atoms with Crippen LogP contribution >= 0.6 is 0 Å². The largest absolute Gasteiger partial charge is 0.493 e. The summed E-state index contributed by atoms with van der Waals surface area (Å²) in [6, 6.07) is 2.56. The summed E-state index contributed by atoms with van der Waals surface area (Å²) in [5.41, 5.74) is 4.39. The van der Waals surface area contributed by atoms with E-state index in [9.17, 15) is 15.0 Å². The van der Waals surface area contributed by atoms with Crippen LogP contribution in [0.4, 0.5) is 0 Å². The lowest BCUT2D eigenvalue weighted by Crippen LogP contribution is -2.56. The standard InChI is InChI=1S/C18H28N2O4/c1-12(2)9-16(19)18(23,17(21)22)11-14-10-15(5-7-20-14)24-8-6-13-3-4-13/h5,7,10,12-13,16,23H,3-4,6,8-9,11,19H2,1-2H3,(H,21,22). The van der Waals surface area contributed by atoms with E-state index in [1.165, 1.54) is 12.8 Å². The molecule has 1 aliphatic rings. The maximum Gasteiger partial charge on any atom is 0.337 e. The fraction of sp³-hybridized carbons (Fsp3) is 0.667. The van der Waals surface area contributed by atoms with Gasteiger partial charge in [-0.3, -0.25) is 4.98 Å². The summed E-state index contributed by atoms with van der Waals surface area (Å²) in [5.74, 6) is 0.302. The van der Waals surface area contributed by atoms with Gasteiger partial charge in [-0.1, -0.05) is 26.7 Å². The first-order valence-electron chi connectivity index (χ1n) is 8.60. The van der Waals surface area contributed by atoms with E-state index >= 15 is 0 Å². The number of nitrogens with zero attached hydrogens (tertiary/aromatic N) is 1. The molecular weight excluding hydrogens is 308 g/mol. The SMILES string of the molecule is CC(C)CC(N)C(O)(Cc1cc(OCCC2CC2)ccn1)C(=O)O. The van der Waals surface area contributed by atoms with E-state index in [0.29, 0.717) is 24.5 Å². The number of hydrogen-bond acceptors (Lipinski definition) is 5. The number of hydrogen-bond donors (Lipinski definition) is 3. The number of ether oxygens (including phenoxy) is 1. The fourth-order valence-corrected chi connectivity index (χ4v) is 2.74. The summed E-state index contributed by atoms with van der Waals surface area (Å²) in [6.45, 7) is 4.52. The Kier molecular flexibility index (Phi) is 6.18. The maximum absolute atomic E-state index is 11.6. The van der Waals surface area contributed by atoms with E-state index in [2.05, 4.69) is 4.98 Å². The van der Waals surface area contributed by atoms with E-state index in [4.69, 9.17) is 10.5 Å². The number of aliphatic carboxylic acids is 1. The quantitative estimate of drug-likeness (QED) is 0.603. The van der Waals surface area contributed by atoms with Crippen molar-refractivity contribution in [2.75, 3.05) is 6.61 Å². The smallest absolute Gasteiger partial charge is 0.337 e. The van der Waals surface area contributed by atoms with Gasteiger partial charge in [0.1, 0.15) is 5.75 Å². The normalized spacial score (nSPS) is 18.2. The predicted molar refractivity (Wildman–Crippen MR) is 90.8 cm³/mol. The average molecular weight is 336 g/mol. The Morgan fingerprint density at radius 3 is 2.79 bits per heavy atom. The summed E-state index contributed by atoms with van der Waals surface area (Å²) in [6.07, 6.45) is 5.44. The van der Waals surface area contributed by atoms with Crippen LogP contribution < -0.4 is 10.5 Å². The lowest BCUT2D eigenvalue weighted by atomic mass is 9.84. The van der Waals surface area contributed by atoms with Crippen molar-refractivity contribution in [2.45, 2.75) is 57.6 Å². The molecule has 1 aliphatic carbocycles. The van der Waals surface area contributed by atoms with E-state index < -0.39 is 17.6 Å². The molecule has 0 aromatic carbocycles. The number of rotatable bonds is 10. The van der Waals surface area contributed by atoms with Gasteiger partial charge in [0.2, 0.25) is 0 Å². The van der Waals surface area contributed by atoms with Crippen molar-refractivity contribution in [2.24, 2.45) is 17.6 Å². The molecule has 6 nitrogen and oxygen atoms in total. The summed E-state index contributed by atoms with van der Waals surface area (Å²) < 4.78 is 5.70. The van der Waals surface area contributed by atoms with Crippen molar-refractivity contribution in [1.29, 1.82) is 0 Å². The summed E-state index contributed by atoms with van der Waals surface area (Å²) >= 11 is 0. The van der Waals surface area contributed by atoms with Gasteiger partial charge in [-0.15, -0.1) is 0 Å². The molecule has 1 aromatic heterocycles. The first-order chi connectivity index (χ1) is 11.3. The zero-order valence-electron chi connectivity index (χ0n) is 14.4. The molecule has 0 amide bonds. The highest BCUT2D eigenvalue weighted by molar-refractivity contribution is 5.78. The minimum atomic E-state index is -2.04. The van der Waals surface area contributed by atoms with E-state index in [0.717, 1.165) is 12.3 Å². The number of aliphatic hydroxyl groups is 1. The molecule has 1 fully saturated rings. The van der Waals surface area contributed by atoms with Gasteiger partial charge in [-0.25, -0.2) is 4.79 Å². The lowest BCUT2D eigenvalue weighted by Gasteiger charge is -2.30. The van der Waals surface area contributed by atoms with Crippen LogP contribution in [0.15, 0.2) is 18.3 Å². The number of nitrogens with two attached hydrogens (primary N) is 1. The Labute approximate surface area is 143 Å². The van der Waals surface area contributed by atoms with Crippen molar-refractivity contribution in [1.82, 2.24) is 4.98 Å². The highest BCUT2D eigenvalue weighted by Gasteiger charge is 2.43. The molecule has 1 saturated carbocycles. The zero-order valence-corrected chi connectivity index (χ0v) is 14.4. The number of carboxylic acids is 1. The molecule has 2 atom stereocenters. The molecule has 24 heavy (non-hydrogen) atoms. The van der Waals surface area contributed by atoms with Crippen molar-refractivity contribution in [3.8, 4) is 5.75 Å². The van der Waals surface area contributed by atoms with Crippen LogP contribution in [-0.4, -0.2) is 39.4 Å². The fourth-order valence-electron chi connectivity index (χ4n) is 2.74. The van der Waals surface area contributed by atoms with E-state index in [1.807, 2.05) is 13.8 Å². The molecule has 0 aliphatic heterocycles. The summed E-state index contributed by atoms with van der Waals surface area (Å²) in [4.78, 5) is 15.8. The third-order valence-corrected chi connectivity index (χ3v) is 4.44. The molecule has 134 valence electrons. The van der Waals surface area contributed by atoms with Crippen LogP contribution in [0.1, 0.15) is 45.2 Å². The molecule has 0 saturated heterocycles. The molecule has 2 unspecified atom stereocenters. The maximum atomic E-state index is 11.6. The second-order valence-electron chi connectivity index (χ2n) is 7.21. The van der Waals surface area contributed by atoms with Crippen LogP contribution in [0.2, 0.25) is 0 Å². The number of carboxylic acid groups (broad SMARTS) is 1. The summed E-state index contributed by atoms with van der Waals surface area (Å²) in [7, 11) is 0. The van der Waals surface area contributed by atoms with Gasteiger partial charge < -0.3 is 20.7 Å². The van der Waals surface area contributed by atoms with Crippen molar-refractivity contribution in [3.63, 3.8) is 0 Å². The highest BCUT2D eigenvalue weighted by Crippen LogP contribution is 2.32. The van der Waals surface area contributed by atoms with E-state index in [-0.39, 0.29) is 12.3 Å². The topological polar surface area (TPSA) is 106 Å². The van der Waals surface area contributed by atoms with Gasteiger partial charge in [-0.05, 0) is 30.7 Å². The van der Waals surface area contributed by atoms with Crippen molar-refractivity contribution >= 4 is 5.97 Å². The molecule has 1 aromatic rings. The number of carbonyl (C=O) groups is 1. The van der Waals surface area contributed by atoms with Gasteiger partial charge in [0, 0.05) is 30.4 Å². The van der Waals surface area contributed by atoms with Gasteiger partial charge >= 0.3 is 5.97 Å². The Hall–Kier alpha value is -1.66. The molecular formula is C18H28N2O4. The van der Waals surface area contributed by atoms with Gasteiger partial charge in [0.25, 0.3) is 0 Å². The van der Waals surface area contributed by atoms with Gasteiger partial charge in [0.15, 0.2) is 5.60 Å². The minimum Gasteiger partial charge on any atom is -0.493 e. The Balaban J connectivity index is 2.03. The van der Waals surface area contributed by atoms with Crippen LogP contribution in [0, 0.1) is 11.8 Å². The van der Waals surface area contributed by atoms with Crippen molar-refractivity contribution < 1.29 is 19.7 Å². The van der Waals surface area contributed by atoms with E-state index in [1.54, 1.807) is 18.3 Å². The molecule has 0 spiro atoms. The number of aromatic nitrogens is 1. The predicted octanol–water partition coefficient (Wildman–Crippen LogP) is 1.99. The average Bonchev–Trinajstić information content (AvgIpc) is 3.31. The summed E-state index contributed by atoms with van der Waals surface area (Å²) in [5, 5.41) is 20.1. The highest BCUT2D eigenvalue weighted by atomic mass is 16.5. The third-order valence-electron chi connectivity index (χ3n) is 4.44. The minimum absolute atomic E-state index is 0.143. The van der Waals surface area contributed by atoms with Crippen LogP contribution in [0.3, 0.4) is 0 Å². The van der Waals surface area contributed by atoms with Crippen molar-refractivity contribution in [3.05, 3.63) is 24.0 Å². The Bertz CT molecular complexity index is 560. The van der Waals surface area contributed by atoms with Gasteiger partial charge in [-0.2, -0.15) is 0 Å². The zero-order chi connectivity index (χ0) is 17.7. The van der Waals surface area contributed by atoms with Crippen LogP contribution in [-0.2, 0) is 11.2 Å². The Morgan fingerprint density at radius 2 is 2.21 bits per heavy atom. The molecule has 4 N–H and O–H groups in total. The third kappa shape index (κ3) is 5.18. The lowest BCUT2D eigenvalue weighted by molar-refractivity contribution is -0.161. The number of pyridine rings is 1. The molecule has 0 radical (unpaired) electrons. The van der Waals surface area contributed by atoms with Crippen LogP contribution in [0.25, 0.3) is 0 Å². The molecule has 2 rings (SSSR count). The molecule has 6 heteroatoms.